The number of hydrogen-bond donors (Lipinski definition) is 3. The number of hydroxylamine groups is 1. The molecule has 0 aromatic heterocycles. The summed E-state index contributed by atoms with van der Waals surface area (Å²) >= 11 is 0. The number of hydrogen-bond acceptors (Lipinski definition) is 7. The van der Waals surface area contributed by atoms with Gasteiger partial charge in [-0.3, -0.25) is 9.63 Å². The summed E-state index contributed by atoms with van der Waals surface area (Å²) in [5.41, 5.74) is 6.33. The van der Waals surface area contributed by atoms with Gasteiger partial charge in [-0.05, 0) is 22.3 Å². The third-order valence-electron chi connectivity index (χ3n) is 5.18. The van der Waals surface area contributed by atoms with Crippen LogP contribution in [0.2, 0.25) is 0 Å². The highest BCUT2D eigenvalue weighted by Crippen LogP contribution is 2.44. The van der Waals surface area contributed by atoms with Crippen molar-refractivity contribution in [3.63, 3.8) is 0 Å². The molecule has 3 N–H and O–H groups in total. The summed E-state index contributed by atoms with van der Waals surface area (Å²) in [6.45, 7) is -0.377. The van der Waals surface area contributed by atoms with Gasteiger partial charge in [-0.15, -0.1) is 0 Å². The van der Waals surface area contributed by atoms with E-state index < -0.39 is 30.1 Å². The van der Waals surface area contributed by atoms with Crippen LogP contribution >= 0.6 is 0 Å². The summed E-state index contributed by atoms with van der Waals surface area (Å²) in [5, 5.41) is 11.5. The highest BCUT2D eigenvalue weighted by Gasteiger charge is 2.30. The average Bonchev–Trinajstić information content (AvgIpc) is 3.13. The van der Waals surface area contributed by atoms with Gasteiger partial charge in [-0.2, -0.15) is 0 Å². The van der Waals surface area contributed by atoms with E-state index in [9.17, 15) is 14.4 Å². The van der Waals surface area contributed by atoms with Gasteiger partial charge in [-0.25, -0.2) is 15.1 Å². The summed E-state index contributed by atoms with van der Waals surface area (Å²) in [6.07, 6.45) is -2.22. The summed E-state index contributed by atoms with van der Waals surface area (Å²) in [6, 6.07) is 14.7. The van der Waals surface area contributed by atoms with Gasteiger partial charge in [0.1, 0.15) is 12.6 Å². The Morgan fingerprint density at radius 2 is 1.52 bits per heavy atom. The van der Waals surface area contributed by atoms with Gasteiger partial charge in [0, 0.05) is 20.1 Å². The van der Waals surface area contributed by atoms with Crippen molar-refractivity contribution in [2.45, 2.75) is 18.1 Å². The Balaban J connectivity index is 1.59. The molecule has 2 aromatic rings. The van der Waals surface area contributed by atoms with Crippen molar-refractivity contribution >= 4 is 18.0 Å². The molecule has 3 rings (SSSR count). The third-order valence-corrected chi connectivity index (χ3v) is 5.18. The SMILES string of the molecule is COCC(ONC(=O)[C@H](COC)NC(=O)OCC1c2ccccc2-c2ccccc21)C(=O)O. The average molecular weight is 458 g/mol. The van der Waals surface area contributed by atoms with Crippen LogP contribution in [0.15, 0.2) is 48.5 Å². The highest BCUT2D eigenvalue weighted by molar-refractivity contribution is 5.85. The minimum Gasteiger partial charge on any atom is -0.479 e. The molecule has 1 aliphatic rings. The number of rotatable bonds is 11. The highest BCUT2D eigenvalue weighted by atomic mass is 16.7. The van der Waals surface area contributed by atoms with Crippen molar-refractivity contribution in [2.24, 2.45) is 0 Å². The second kappa shape index (κ2) is 11.4. The van der Waals surface area contributed by atoms with Crippen molar-refractivity contribution in [3.8, 4) is 11.1 Å². The van der Waals surface area contributed by atoms with Crippen LogP contribution in [-0.2, 0) is 28.6 Å². The number of alkyl carbamates (subject to hydrolysis) is 1. The van der Waals surface area contributed by atoms with Crippen LogP contribution in [0.4, 0.5) is 4.79 Å². The molecule has 2 atom stereocenters. The number of benzene rings is 2. The van der Waals surface area contributed by atoms with Crippen molar-refractivity contribution < 1.29 is 38.5 Å². The number of ether oxygens (including phenoxy) is 3. The second-order valence-corrected chi connectivity index (χ2v) is 7.34. The molecule has 2 aromatic carbocycles. The number of carboxylic acids is 1. The predicted octanol–water partition coefficient (Wildman–Crippen LogP) is 1.69. The molecule has 0 saturated carbocycles. The zero-order valence-corrected chi connectivity index (χ0v) is 18.3. The molecule has 0 fully saturated rings. The second-order valence-electron chi connectivity index (χ2n) is 7.34. The van der Waals surface area contributed by atoms with E-state index >= 15 is 0 Å². The minimum absolute atomic E-state index is 0.0760. The lowest BCUT2D eigenvalue weighted by atomic mass is 9.98. The van der Waals surface area contributed by atoms with Gasteiger partial charge in [0.15, 0.2) is 0 Å². The molecule has 2 amide bonds. The van der Waals surface area contributed by atoms with E-state index in [0.29, 0.717) is 0 Å². The fourth-order valence-corrected chi connectivity index (χ4v) is 3.64. The van der Waals surface area contributed by atoms with E-state index in [1.54, 1.807) is 0 Å². The van der Waals surface area contributed by atoms with E-state index in [1.165, 1.54) is 14.2 Å². The molecule has 10 heteroatoms. The molecule has 33 heavy (non-hydrogen) atoms. The fourth-order valence-electron chi connectivity index (χ4n) is 3.64. The van der Waals surface area contributed by atoms with Crippen LogP contribution in [0, 0.1) is 0 Å². The molecular weight excluding hydrogens is 432 g/mol. The van der Waals surface area contributed by atoms with E-state index in [-0.39, 0.29) is 25.7 Å². The first-order chi connectivity index (χ1) is 16.0. The molecule has 176 valence electrons. The number of carboxylic acid groups (broad SMARTS) is 1. The van der Waals surface area contributed by atoms with Gasteiger partial charge < -0.3 is 24.6 Å². The first kappa shape index (κ1) is 24.2. The van der Waals surface area contributed by atoms with Gasteiger partial charge in [0.05, 0.1) is 13.2 Å². The Morgan fingerprint density at radius 3 is 2.06 bits per heavy atom. The maximum Gasteiger partial charge on any atom is 0.407 e. The van der Waals surface area contributed by atoms with Gasteiger partial charge in [-0.1, -0.05) is 48.5 Å². The minimum atomic E-state index is -1.41. The quantitative estimate of drug-likeness (QED) is 0.434. The Bertz CT molecular complexity index is 950. The third kappa shape index (κ3) is 5.86. The lowest BCUT2D eigenvalue weighted by molar-refractivity contribution is -0.165. The molecule has 0 spiro atoms. The molecule has 1 unspecified atom stereocenters. The lowest BCUT2D eigenvalue weighted by Crippen LogP contribution is -2.51. The normalized spacial score (nSPS) is 14.0. The molecule has 1 aliphatic carbocycles. The Kier molecular flexibility index (Phi) is 8.36. The zero-order chi connectivity index (χ0) is 23.8. The fraction of sp³-hybridized carbons (Fsp3) is 0.348. The number of nitrogens with one attached hydrogen (secondary N) is 2. The molecule has 10 nitrogen and oxygen atoms in total. The van der Waals surface area contributed by atoms with Gasteiger partial charge >= 0.3 is 12.1 Å². The molecule has 0 radical (unpaired) electrons. The largest absolute Gasteiger partial charge is 0.479 e. The van der Waals surface area contributed by atoms with Crippen molar-refractivity contribution in [1.82, 2.24) is 10.8 Å². The Hall–Kier alpha value is -3.47. The van der Waals surface area contributed by atoms with E-state index in [1.807, 2.05) is 54.0 Å². The van der Waals surface area contributed by atoms with E-state index in [0.717, 1.165) is 22.3 Å². The number of aliphatic carboxylic acids is 1. The first-order valence-electron chi connectivity index (χ1n) is 10.2. The van der Waals surface area contributed by atoms with Crippen LogP contribution in [0.1, 0.15) is 17.0 Å². The van der Waals surface area contributed by atoms with Crippen LogP contribution in [0.5, 0.6) is 0 Å². The predicted molar refractivity (Wildman–Crippen MR) is 116 cm³/mol. The molecule has 0 aliphatic heterocycles. The number of carbonyl (C=O) groups excluding carboxylic acids is 2. The number of carbonyl (C=O) groups is 3. The van der Waals surface area contributed by atoms with Crippen molar-refractivity contribution in [2.75, 3.05) is 34.0 Å². The van der Waals surface area contributed by atoms with Crippen LogP contribution in [-0.4, -0.2) is 69.3 Å². The number of fused-ring (bicyclic) bond motifs is 3. The number of methoxy groups -OCH3 is 2. The zero-order valence-electron chi connectivity index (χ0n) is 18.3. The molecule has 0 bridgehead atoms. The lowest BCUT2D eigenvalue weighted by Gasteiger charge is -2.20. The van der Waals surface area contributed by atoms with Crippen molar-refractivity contribution in [1.29, 1.82) is 0 Å². The van der Waals surface area contributed by atoms with E-state index in [4.69, 9.17) is 24.2 Å². The monoisotopic (exact) mass is 458 g/mol. The standard InChI is InChI=1S/C23H26N2O8/c1-30-12-19(21(26)25-33-20(13-31-2)22(27)28)24-23(29)32-11-18-16-9-5-3-7-14(16)15-8-4-6-10-17(15)18/h3-10,18-20H,11-13H2,1-2H3,(H,24,29)(H,25,26)(H,27,28)/t19-,20?/m0/s1. The van der Waals surface area contributed by atoms with Crippen LogP contribution in [0.25, 0.3) is 11.1 Å². The summed E-state index contributed by atoms with van der Waals surface area (Å²) in [4.78, 5) is 40.8. The maximum absolute atomic E-state index is 12.4. The smallest absolute Gasteiger partial charge is 0.407 e. The van der Waals surface area contributed by atoms with Gasteiger partial charge in [0.25, 0.3) is 5.91 Å². The van der Waals surface area contributed by atoms with Gasteiger partial charge in [0.2, 0.25) is 6.10 Å². The molecule has 0 heterocycles. The van der Waals surface area contributed by atoms with Crippen LogP contribution in [0.3, 0.4) is 0 Å². The first-order valence-corrected chi connectivity index (χ1v) is 10.2. The van der Waals surface area contributed by atoms with E-state index in [2.05, 4.69) is 5.32 Å². The summed E-state index contributed by atoms with van der Waals surface area (Å²) in [5.74, 6) is -2.25. The maximum atomic E-state index is 12.4. The number of amides is 2. The summed E-state index contributed by atoms with van der Waals surface area (Å²) < 4.78 is 15.1. The molecule has 0 saturated heterocycles. The Morgan fingerprint density at radius 1 is 0.939 bits per heavy atom. The van der Waals surface area contributed by atoms with Crippen LogP contribution < -0.4 is 10.8 Å². The topological polar surface area (TPSA) is 132 Å². The summed E-state index contributed by atoms with van der Waals surface area (Å²) in [7, 11) is 2.65. The molecular formula is C23H26N2O8. The van der Waals surface area contributed by atoms with Crippen molar-refractivity contribution in [3.05, 3.63) is 59.7 Å². The Labute approximate surface area is 190 Å².